The van der Waals surface area contributed by atoms with Crippen molar-refractivity contribution in [3.05, 3.63) is 87.7 Å². The molecule has 7 nitrogen and oxygen atoms in total. The highest BCUT2D eigenvalue weighted by Crippen LogP contribution is 2.16. The molecular formula is C19H18N4O3. The van der Waals surface area contributed by atoms with Crippen LogP contribution in [0.25, 0.3) is 5.69 Å². The minimum atomic E-state index is -0.466. The first-order valence-corrected chi connectivity index (χ1v) is 8.18. The zero-order valence-electron chi connectivity index (χ0n) is 14.3. The smallest absolute Gasteiger partial charge is 0.271 e. The number of hydrogen-bond acceptors (Lipinski definition) is 4. The number of benzene rings is 2. The molecule has 0 aliphatic heterocycles. The van der Waals surface area contributed by atoms with Gasteiger partial charge in [-0.3, -0.25) is 14.9 Å². The van der Waals surface area contributed by atoms with E-state index in [0.717, 1.165) is 6.42 Å². The molecule has 1 heterocycles. The average molecular weight is 350 g/mol. The van der Waals surface area contributed by atoms with E-state index in [4.69, 9.17) is 0 Å². The van der Waals surface area contributed by atoms with E-state index in [9.17, 15) is 14.9 Å². The third-order valence-electron chi connectivity index (χ3n) is 4.07. The van der Waals surface area contributed by atoms with E-state index < -0.39 is 4.92 Å². The van der Waals surface area contributed by atoms with Crippen LogP contribution in [0.4, 0.5) is 5.69 Å². The van der Waals surface area contributed by atoms with Crippen molar-refractivity contribution in [2.45, 2.75) is 13.3 Å². The summed E-state index contributed by atoms with van der Waals surface area (Å²) in [6, 6.07) is 15.7. The molecule has 0 radical (unpaired) electrons. The number of nitrogens with zero attached hydrogens (tertiary/aromatic N) is 3. The number of rotatable bonds is 6. The lowest BCUT2D eigenvalue weighted by Gasteiger charge is -2.06. The monoisotopic (exact) mass is 350 g/mol. The van der Waals surface area contributed by atoms with Gasteiger partial charge in [-0.15, -0.1) is 0 Å². The molecule has 0 saturated carbocycles. The molecule has 0 saturated heterocycles. The fourth-order valence-electron chi connectivity index (χ4n) is 2.63. The van der Waals surface area contributed by atoms with Crippen molar-refractivity contribution in [1.82, 2.24) is 15.1 Å². The van der Waals surface area contributed by atoms with E-state index in [1.807, 2.05) is 31.2 Å². The van der Waals surface area contributed by atoms with Crippen LogP contribution in [0.1, 0.15) is 21.6 Å². The predicted molar refractivity (Wildman–Crippen MR) is 97.4 cm³/mol. The summed E-state index contributed by atoms with van der Waals surface area (Å²) >= 11 is 0. The van der Waals surface area contributed by atoms with Crippen LogP contribution in [0, 0.1) is 17.0 Å². The van der Waals surface area contributed by atoms with Crippen LogP contribution in [-0.2, 0) is 6.42 Å². The quantitative estimate of drug-likeness (QED) is 0.546. The summed E-state index contributed by atoms with van der Waals surface area (Å²) < 4.78 is 1.45. The van der Waals surface area contributed by atoms with Crippen LogP contribution in [0.2, 0.25) is 0 Å². The molecule has 0 atom stereocenters. The van der Waals surface area contributed by atoms with Crippen LogP contribution in [0.5, 0.6) is 0 Å². The molecular weight excluding hydrogens is 332 g/mol. The highest BCUT2D eigenvalue weighted by atomic mass is 16.6. The summed E-state index contributed by atoms with van der Waals surface area (Å²) in [7, 11) is 0. The van der Waals surface area contributed by atoms with Crippen molar-refractivity contribution in [1.29, 1.82) is 0 Å². The maximum absolute atomic E-state index is 12.2. The van der Waals surface area contributed by atoms with Gasteiger partial charge in [-0.2, -0.15) is 5.10 Å². The topological polar surface area (TPSA) is 90.1 Å². The number of aromatic nitrogens is 2. The zero-order chi connectivity index (χ0) is 18.5. The van der Waals surface area contributed by atoms with Crippen molar-refractivity contribution < 1.29 is 9.72 Å². The minimum absolute atomic E-state index is 0.0257. The first-order chi connectivity index (χ1) is 12.5. The van der Waals surface area contributed by atoms with Crippen molar-refractivity contribution in [3.63, 3.8) is 0 Å². The molecule has 0 spiro atoms. The van der Waals surface area contributed by atoms with Gasteiger partial charge in [-0.25, -0.2) is 4.68 Å². The molecule has 0 aliphatic carbocycles. The van der Waals surface area contributed by atoms with E-state index in [0.29, 0.717) is 12.2 Å². The molecule has 0 bridgehead atoms. The Morgan fingerprint density at radius 1 is 1.19 bits per heavy atom. The van der Waals surface area contributed by atoms with Gasteiger partial charge in [0.05, 0.1) is 10.6 Å². The molecule has 26 heavy (non-hydrogen) atoms. The van der Waals surface area contributed by atoms with E-state index in [-0.39, 0.29) is 17.3 Å². The third-order valence-corrected chi connectivity index (χ3v) is 4.07. The Morgan fingerprint density at radius 3 is 2.77 bits per heavy atom. The van der Waals surface area contributed by atoms with Gasteiger partial charge >= 0.3 is 0 Å². The van der Waals surface area contributed by atoms with Gasteiger partial charge in [0.1, 0.15) is 0 Å². The largest absolute Gasteiger partial charge is 0.350 e. The van der Waals surface area contributed by atoms with Crippen LogP contribution in [-0.4, -0.2) is 27.2 Å². The number of nitrogens with one attached hydrogen (secondary N) is 1. The lowest BCUT2D eigenvalue weighted by Crippen LogP contribution is -2.26. The number of non-ortho nitro benzene ring substituents is 1. The number of hydrogen-bond donors (Lipinski definition) is 1. The van der Waals surface area contributed by atoms with Gasteiger partial charge in [0.15, 0.2) is 5.69 Å². The van der Waals surface area contributed by atoms with Crippen LogP contribution >= 0.6 is 0 Å². The lowest BCUT2D eigenvalue weighted by atomic mass is 10.1. The van der Waals surface area contributed by atoms with Gasteiger partial charge in [0.2, 0.25) is 0 Å². The van der Waals surface area contributed by atoms with Crippen LogP contribution < -0.4 is 5.32 Å². The van der Waals surface area contributed by atoms with Crippen molar-refractivity contribution in [3.8, 4) is 5.69 Å². The first-order valence-electron chi connectivity index (χ1n) is 8.18. The summed E-state index contributed by atoms with van der Waals surface area (Å²) in [5.74, 6) is -0.275. The minimum Gasteiger partial charge on any atom is -0.350 e. The van der Waals surface area contributed by atoms with Gasteiger partial charge in [-0.05, 0) is 36.6 Å². The SMILES string of the molecule is Cc1ccccc1CCNC(=O)c1ccn(-c2cccc([N+](=O)[O-])c2)n1. The van der Waals surface area contributed by atoms with E-state index in [1.165, 1.54) is 27.9 Å². The first kappa shape index (κ1) is 17.3. The number of carbonyl (C=O) groups excluding carboxylic acids is 1. The van der Waals surface area contributed by atoms with E-state index >= 15 is 0 Å². The van der Waals surface area contributed by atoms with Crippen LogP contribution in [0.15, 0.2) is 60.8 Å². The number of nitro groups is 1. The zero-order valence-corrected chi connectivity index (χ0v) is 14.3. The van der Waals surface area contributed by atoms with Gasteiger partial charge < -0.3 is 5.32 Å². The lowest BCUT2D eigenvalue weighted by molar-refractivity contribution is -0.384. The molecule has 0 aliphatic rings. The van der Waals surface area contributed by atoms with Crippen molar-refractivity contribution in [2.24, 2.45) is 0 Å². The second-order valence-electron chi connectivity index (χ2n) is 5.85. The molecule has 132 valence electrons. The van der Waals surface area contributed by atoms with Crippen molar-refractivity contribution in [2.75, 3.05) is 6.54 Å². The molecule has 1 amide bonds. The summed E-state index contributed by atoms with van der Waals surface area (Å²) in [5, 5.41) is 17.9. The highest BCUT2D eigenvalue weighted by molar-refractivity contribution is 5.92. The molecule has 7 heteroatoms. The number of nitro benzene ring substituents is 1. The van der Waals surface area contributed by atoms with Gasteiger partial charge in [0, 0.05) is 24.9 Å². The molecule has 1 aromatic heterocycles. The Bertz CT molecular complexity index is 949. The fraction of sp³-hybridized carbons (Fsp3) is 0.158. The summed E-state index contributed by atoms with van der Waals surface area (Å²) in [4.78, 5) is 22.6. The predicted octanol–water partition coefficient (Wildman–Crippen LogP) is 3.06. The number of aryl methyl sites for hydroxylation is 1. The third kappa shape index (κ3) is 3.94. The van der Waals surface area contributed by atoms with Gasteiger partial charge in [0.25, 0.3) is 11.6 Å². The van der Waals surface area contributed by atoms with Crippen LogP contribution in [0.3, 0.4) is 0 Å². The Hall–Kier alpha value is -3.48. The van der Waals surface area contributed by atoms with Gasteiger partial charge in [-0.1, -0.05) is 30.3 Å². The normalized spacial score (nSPS) is 10.5. The fourth-order valence-corrected chi connectivity index (χ4v) is 2.63. The number of carbonyl (C=O) groups is 1. The standard InChI is InChI=1S/C19H18N4O3/c1-14-5-2-3-6-15(14)9-11-20-19(24)18-10-12-22(21-18)16-7-4-8-17(13-16)23(25)26/h2-8,10,12-13H,9,11H2,1H3,(H,20,24). The van der Waals surface area contributed by atoms with E-state index in [2.05, 4.69) is 10.4 Å². The molecule has 0 fully saturated rings. The summed E-state index contributed by atoms with van der Waals surface area (Å²) in [6.07, 6.45) is 2.35. The highest BCUT2D eigenvalue weighted by Gasteiger charge is 2.12. The summed E-state index contributed by atoms with van der Waals surface area (Å²) in [6.45, 7) is 2.55. The molecule has 1 N–H and O–H groups in total. The average Bonchev–Trinajstić information content (AvgIpc) is 3.13. The summed E-state index contributed by atoms with van der Waals surface area (Å²) in [5.41, 5.74) is 3.15. The van der Waals surface area contributed by atoms with Crippen molar-refractivity contribution >= 4 is 11.6 Å². The molecule has 3 aromatic rings. The maximum atomic E-state index is 12.2. The maximum Gasteiger partial charge on any atom is 0.271 e. The second-order valence-corrected chi connectivity index (χ2v) is 5.85. The van der Waals surface area contributed by atoms with E-state index in [1.54, 1.807) is 24.4 Å². The Labute approximate surface area is 150 Å². The Balaban J connectivity index is 1.64. The Morgan fingerprint density at radius 2 is 2.00 bits per heavy atom. The number of amides is 1. The molecule has 2 aromatic carbocycles. The second kappa shape index (κ2) is 7.60. The molecule has 3 rings (SSSR count). The molecule has 0 unspecified atom stereocenters. The Kier molecular flexibility index (Phi) is 5.07.